The summed E-state index contributed by atoms with van der Waals surface area (Å²) in [6.07, 6.45) is 4.19. The molecular formula is C11H14N4O. The second-order valence-electron chi connectivity index (χ2n) is 3.36. The van der Waals surface area contributed by atoms with Crippen LogP contribution in [-0.4, -0.2) is 28.2 Å². The highest BCUT2D eigenvalue weighted by atomic mass is 16.5. The van der Waals surface area contributed by atoms with Crippen molar-refractivity contribution in [3.8, 4) is 11.5 Å². The number of nitrogens with one attached hydrogen (secondary N) is 1. The zero-order chi connectivity index (χ0) is 11.2. The molecule has 2 aromatic heterocycles. The first-order chi connectivity index (χ1) is 7.90. The molecule has 0 aromatic carbocycles. The molecule has 2 rings (SSSR count). The fourth-order valence-electron chi connectivity index (χ4n) is 1.34. The van der Waals surface area contributed by atoms with E-state index in [2.05, 4.69) is 27.4 Å². The molecule has 0 amide bonds. The first kappa shape index (κ1) is 10.8. The first-order valence-corrected chi connectivity index (χ1v) is 5.34. The minimum atomic E-state index is 0.550. The van der Waals surface area contributed by atoms with E-state index in [0.29, 0.717) is 5.89 Å². The molecule has 0 radical (unpaired) electrons. The summed E-state index contributed by atoms with van der Waals surface area (Å²) in [5, 5.41) is 7.13. The van der Waals surface area contributed by atoms with E-state index in [1.165, 1.54) is 0 Å². The fourth-order valence-corrected chi connectivity index (χ4v) is 1.34. The van der Waals surface area contributed by atoms with Crippen LogP contribution in [0.15, 0.2) is 29.0 Å². The quantitative estimate of drug-likeness (QED) is 0.766. The lowest BCUT2D eigenvalue weighted by Crippen LogP contribution is -2.16. The Morgan fingerprint density at radius 1 is 1.31 bits per heavy atom. The summed E-state index contributed by atoms with van der Waals surface area (Å²) in [5.41, 5.74) is 0.900. The maximum atomic E-state index is 5.16. The van der Waals surface area contributed by atoms with Gasteiger partial charge in [-0.3, -0.25) is 4.98 Å². The summed E-state index contributed by atoms with van der Waals surface area (Å²) < 4.78 is 5.16. The van der Waals surface area contributed by atoms with E-state index in [9.17, 15) is 0 Å². The van der Waals surface area contributed by atoms with Crippen molar-refractivity contribution in [3.05, 3.63) is 30.4 Å². The van der Waals surface area contributed by atoms with Crippen molar-refractivity contribution in [2.24, 2.45) is 0 Å². The Hall–Kier alpha value is -1.75. The van der Waals surface area contributed by atoms with E-state index in [-0.39, 0.29) is 0 Å². The predicted octanol–water partition coefficient (Wildman–Crippen LogP) is 1.28. The molecule has 0 saturated carbocycles. The van der Waals surface area contributed by atoms with Gasteiger partial charge in [-0.25, -0.2) is 0 Å². The van der Waals surface area contributed by atoms with Gasteiger partial charge in [0.15, 0.2) is 5.82 Å². The summed E-state index contributed by atoms with van der Waals surface area (Å²) in [7, 11) is 0. The average molecular weight is 218 g/mol. The number of hydrogen-bond acceptors (Lipinski definition) is 5. The lowest BCUT2D eigenvalue weighted by Gasteiger charge is -1.95. The van der Waals surface area contributed by atoms with Gasteiger partial charge >= 0.3 is 0 Å². The Kier molecular flexibility index (Phi) is 3.61. The van der Waals surface area contributed by atoms with Crippen LogP contribution in [0.1, 0.15) is 12.7 Å². The molecule has 1 N–H and O–H groups in total. The Balaban J connectivity index is 2.02. The Labute approximate surface area is 93.9 Å². The van der Waals surface area contributed by atoms with Crippen LogP contribution < -0.4 is 5.32 Å². The molecule has 0 aliphatic carbocycles. The minimum absolute atomic E-state index is 0.550. The third kappa shape index (κ3) is 2.64. The van der Waals surface area contributed by atoms with Crippen LogP contribution in [0, 0.1) is 0 Å². The van der Waals surface area contributed by atoms with Gasteiger partial charge < -0.3 is 9.84 Å². The van der Waals surface area contributed by atoms with Crippen molar-refractivity contribution in [1.82, 2.24) is 20.4 Å². The highest BCUT2D eigenvalue weighted by Crippen LogP contribution is 2.15. The maximum Gasteiger partial charge on any atom is 0.258 e. The van der Waals surface area contributed by atoms with Gasteiger partial charge in [-0.05, 0) is 18.7 Å². The van der Waals surface area contributed by atoms with E-state index in [1.807, 2.05) is 12.1 Å². The Morgan fingerprint density at radius 2 is 2.12 bits per heavy atom. The van der Waals surface area contributed by atoms with Gasteiger partial charge in [0, 0.05) is 30.9 Å². The highest BCUT2D eigenvalue weighted by molar-refractivity contribution is 5.50. The van der Waals surface area contributed by atoms with E-state index >= 15 is 0 Å². The SMILES string of the molecule is CCNCCc1noc(-c2ccncc2)n1. The fraction of sp³-hybridized carbons (Fsp3) is 0.364. The standard InChI is InChI=1S/C11H14N4O/c1-2-12-8-5-10-14-11(16-15-10)9-3-6-13-7-4-9/h3-4,6-7,12H,2,5,8H2,1H3. The zero-order valence-corrected chi connectivity index (χ0v) is 9.18. The molecule has 84 valence electrons. The summed E-state index contributed by atoms with van der Waals surface area (Å²) >= 11 is 0. The van der Waals surface area contributed by atoms with E-state index < -0.39 is 0 Å². The van der Waals surface area contributed by atoms with Gasteiger partial charge in [0.2, 0.25) is 0 Å². The first-order valence-electron chi connectivity index (χ1n) is 5.34. The maximum absolute atomic E-state index is 5.16. The topological polar surface area (TPSA) is 63.8 Å². The van der Waals surface area contributed by atoms with E-state index in [4.69, 9.17) is 4.52 Å². The Morgan fingerprint density at radius 3 is 2.88 bits per heavy atom. The van der Waals surface area contributed by atoms with Gasteiger partial charge in [-0.1, -0.05) is 12.1 Å². The molecule has 0 bridgehead atoms. The summed E-state index contributed by atoms with van der Waals surface area (Å²) in [6.45, 7) is 3.89. The monoisotopic (exact) mass is 218 g/mol. The number of rotatable bonds is 5. The van der Waals surface area contributed by atoms with E-state index in [0.717, 1.165) is 30.9 Å². The Bertz CT molecular complexity index is 427. The number of likely N-dealkylation sites (N-methyl/N-ethyl adjacent to an activating group) is 1. The van der Waals surface area contributed by atoms with Gasteiger partial charge in [0.1, 0.15) is 0 Å². The smallest absolute Gasteiger partial charge is 0.258 e. The molecular weight excluding hydrogens is 204 g/mol. The van der Waals surface area contributed by atoms with Gasteiger partial charge in [-0.2, -0.15) is 4.98 Å². The highest BCUT2D eigenvalue weighted by Gasteiger charge is 2.07. The molecule has 16 heavy (non-hydrogen) atoms. The van der Waals surface area contributed by atoms with Crippen LogP contribution in [-0.2, 0) is 6.42 Å². The molecule has 0 unspecified atom stereocenters. The molecule has 0 spiro atoms. The van der Waals surface area contributed by atoms with Crippen LogP contribution in [0.5, 0.6) is 0 Å². The minimum Gasteiger partial charge on any atom is -0.334 e. The number of hydrogen-bond donors (Lipinski definition) is 1. The molecule has 0 aliphatic rings. The van der Waals surface area contributed by atoms with Crippen LogP contribution in [0.3, 0.4) is 0 Å². The predicted molar refractivity (Wildman–Crippen MR) is 59.8 cm³/mol. The lowest BCUT2D eigenvalue weighted by molar-refractivity contribution is 0.421. The largest absolute Gasteiger partial charge is 0.334 e. The molecule has 5 heteroatoms. The van der Waals surface area contributed by atoms with Crippen LogP contribution >= 0.6 is 0 Å². The normalized spacial score (nSPS) is 10.6. The zero-order valence-electron chi connectivity index (χ0n) is 9.18. The number of pyridine rings is 1. The molecule has 5 nitrogen and oxygen atoms in total. The molecule has 0 atom stereocenters. The van der Waals surface area contributed by atoms with Crippen molar-refractivity contribution in [2.75, 3.05) is 13.1 Å². The second-order valence-corrected chi connectivity index (χ2v) is 3.36. The third-order valence-corrected chi connectivity index (χ3v) is 2.17. The molecule has 2 heterocycles. The van der Waals surface area contributed by atoms with Crippen molar-refractivity contribution in [1.29, 1.82) is 0 Å². The number of nitrogens with zero attached hydrogens (tertiary/aromatic N) is 3. The lowest BCUT2D eigenvalue weighted by atomic mass is 10.3. The van der Waals surface area contributed by atoms with Crippen LogP contribution in [0.4, 0.5) is 0 Å². The third-order valence-electron chi connectivity index (χ3n) is 2.17. The second kappa shape index (κ2) is 5.37. The van der Waals surface area contributed by atoms with Crippen molar-refractivity contribution in [3.63, 3.8) is 0 Å². The van der Waals surface area contributed by atoms with Gasteiger partial charge in [-0.15, -0.1) is 0 Å². The van der Waals surface area contributed by atoms with Crippen molar-refractivity contribution >= 4 is 0 Å². The van der Waals surface area contributed by atoms with Crippen molar-refractivity contribution in [2.45, 2.75) is 13.3 Å². The number of aromatic nitrogens is 3. The molecule has 0 saturated heterocycles. The van der Waals surface area contributed by atoms with Crippen molar-refractivity contribution < 1.29 is 4.52 Å². The summed E-state index contributed by atoms with van der Waals surface area (Å²) in [5.74, 6) is 1.28. The summed E-state index contributed by atoms with van der Waals surface area (Å²) in [6, 6.07) is 3.70. The molecule has 0 aliphatic heterocycles. The summed E-state index contributed by atoms with van der Waals surface area (Å²) in [4.78, 5) is 8.25. The van der Waals surface area contributed by atoms with Crippen LogP contribution in [0.25, 0.3) is 11.5 Å². The van der Waals surface area contributed by atoms with E-state index in [1.54, 1.807) is 12.4 Å². The molecule has 2 aromatic rings. The average Bonchev–Trinajstić information content (AvgIpc) is 2.79. The van der Waals surface area contributed by atoms with Gasteiger partial charge in [0.05, 0.1) is 0 Å². The van der Waals surface area contributed by atoms with Crippen LogP contribution in [0.2, 0.25) is 0 Å². The van der Waals surface area contributed by atoms with Gasteiger partial charge in [0.25, 0.3) is 5.89 Å². The molecule has 0 fully saturated rings.